The zero-order valence-electron chi connectivity index (χ0n) is 24.4. The summed E-state index contributed by atoms with van der Waals surface area (Å²) in [6.45, 7) is 4.85. The van der Waals surface area contributed by atoms with Crippen molar-refractivity contribution in [2.75, 3.05) is 70.9 Å². The first-order valence-corrected chi connectivity index (χ1v) is 15.1. The topological polar surface area (TPSA) is 126 Å². The summed E-state index contributed by atoms with van der Waals surface area (Å²) in [5, 5.41) is 23.2. The number of aliphatic hydroxyl groups is 1. The molecule has 1 atom stereocenters. The van der Waals surface area contributed by atoms with Crippen molar-refractivity contribution in [3.05, 3.63) is 59.6 Å². The minimum atomic E-state index is -3.09. The second-order valence-corrected chi connectivity index (χ2v) is 11.3. The number of anilines is 1. The molecule has 240 valence electrons. The molecule has 1 amide bonds. The van der Waals surface area contributed by atoms with Crippen molar-refractivity contribution < 1.29 is 28.2 Å². The minimum absolute atomic E-state index is 0.0948. The van der Waals surface area contributed by atoms with Crippen LogP contribution >= 0.6 is 11.6 Å². The lowest BCUT2D eigenvalue weighted by Crippen LogP contribution is -2.51. The quantitative estimate of drug-likeness (QED) is 0.235. The van der Waals surface area contributed by atoms with Gasteiger partial charge in [-0.15, -0.1) is 0 Å². The van der Waals surface area contributed by atoms with Crippen molar-refractivity contribution in [3.8, 4) is 17.0 Å². The van der Waals surface area contributed by atoms with Crippen LogP contribution in [0.1, 0.15) is 11.8 Å². The lowest BCUT2D eigenvalue weighted by atomic mass is 10.1. The van der Waals surface area contributed by atoms with Crippen molar-refractivity contribution in [2.24, 2.45) is 0 Å². The van der Waals surface area contributed by atoms with Gasteiger partial charge in [-0.05, 0) is 24.3 Å². The van der Waals surface area contributed by atoms with Crippen molar-refractivity contribution >= 4 is 28.8 Å². The van der Waals surface area contributed by atoms with Gasteiger partial charge in [0.2, 0.25) is 5.91 Å². The maximum absolute atomic E-state index is 13.3. The average Bonchev–Trinajstić information content (AvgIpc) is 3.65. The van der Waals surface area contributed by atoms with E-state index in [1.54, 1.807) is 29.6 Å². The molecular weight excluding hydrogens is 612 g/mol. The largest absolute Gasteiger partial charge is 0.434 e. The van der Waals surface area contributed by atoms with E-state index in [0.717, 1.165) is 52.5 Å². The predicted octanol–water partition coefficient (Wildman–Crippen LogP) is 2.43. The van der Waals surface area contributed by atoms with Gasteiger partial charge in [0.25, 0.3) is 0 Å². The summed E-state index contributed by atoms with van der Waals surface area (Å²) in [6, 6.07) is 5.90. The molecule has 0 spiro atoms. The number of ether oxygens (including phenoxy) is 2. The molecule has 4 aromatic rings. The van der Waals surface area contributed by atoms with E-state index in [1.807, 2.05) is 0 Å². The number of carbonyl (C=O) groups excluding carboxylic acids is 1. The first-order valence-electron chi connectivity index (χ1n) is 14.7. The van der Waals surface area contributed by atoms with E-state index >= 15 is 0 Å². The summed E-state index contributed by atoms with van der Waals surface area (Å²) in [5.41, 5.74) is 1.40. The Labute approximate surface area is 262 Å². The average molecular weight is 646 g/mol. The molecule has 0 aliphatic carbocycles. The van der Waals surface area contributed by atoms with E-state index in [4.69, 9.17) is 21.1 Å². The third-order valence-electron chi connectivity index (χ3n) is 7.93. The molecule has 3 aromatic heterocycles. The maximum Gasteiger partial charge on any atom is 0.387 e. The van der Waals surface area contributed by atoms with Crippen LogP contribution in [0.3, 0.4) is 0 Å². The fraction of sp³-hybridized carbons (Fsp3) is 0.448. The Bertz CT molecular complexity index is 1610. The molecule has 2 N–H and O–H groups in total. The molecule has 1 aromatic carbocycles. The van der Waals surface area contributed by atoms with Crippen molar-refractivity contribution in [1.29, 1.82) is 0 Å². The van der Waals surface area contributed by atoms with E-state index < -0.39 is 12.8 Å². The number of nitrogens with one attached hydrogen (secondary N) is 1. The second kappa shape index (κ2) is 14.0. The lowest BCUT2D eigenvalue weighted by molar-refractivity contribution is -0.133. The molecule has 2 aliphatic heterocycles. The van der Waals surface area contributed by atoms with Crippen LogP contribution < -0.4 is 10.1 Å². The van der Waals surface area contributed by atoms with E-state index in [0.29, 0.717) is 24.3 Å². The summed E-state index contributed by atoms with van der Waals surface area (Å²) in [4.78, 5) is 24.2. The van der Waals surface area contributed by atoms with E-state index in [9.17, 15) is 18.7 Å². The number of hydrogen-bond donors (Lipinski definition) is 2. The molecular formula is C29H34ClF2N9O4. The van der Waals surface area contributed by atoms with E-state index in [-0.39, 0.29) is 40.2 Å². The minimum Gasteiger partial charge on any atom is -0.434 e. The van der Waals surface area contributed by atoms with Gasteiger partial charge in [-0.1, -0.05) is 11.6 Å². The number of aromatic nitrogens is 5. The Morgan fingerprint density at radius 1 is 1.11 bits per heavy atom. The highest BCUT2D eigenvalue weighted by atomic mass is 35.5. The molecule has 0 radical (unpaired) electrons. The highest BCUT2D eigenvalue weighted by Gasteiger charge is 2.25. The highest BCUT2D eigenvalue weighted by molar-refractivity contribution is 6.31. The number of alkyl halides is 2. The molecule has 13 nitrogen and oxygen atoms in total. The zero-order valence-corrected chi connectivity index (χ0v) is 25.2. The Kier molecular flexibility index (Phi) is 9.70. The normalized spacial score (nSPS) is 17.2. The first-order chi connectivity index (χ1) is 21.8. The standard InChI is InChI=1S/C29H34ClF2N9O4/c30-20-2-3-24(45-29(31)32)21(16-20)26-23(35-28(43)22-17-34-41-5-1-4-33-27(22)41)18-40(36-26)19-25(42)39-10-8-37(9-11-39)6-7-38-12-14-44-15-13-38/h1-5,16-18,28-29,35,43H,6-15,19H2. The van der Waals surface area contributed by atoms with Gasteiger partial charge in [0, 0.05) is 81.5 Å². The number of hydrogen-bond acceptors (Lipinski definition) is 10. The smallest absolute Gasteiger partial charge is 0.387 e. The molecule has 2 aliphatic rings. The summed E-state index contributed by atoms with van der Waals surface area (Å²) in [5.74, 6) is -0.291. The van der Waals surface area contributed by atoms with Gasteiger partial charge in [0.15, 0.2) is 11.9 Å². The number of morpholine rings is 1. The van der Waals surface area contributed by atoms with Gasteiger partial charge in [0.1, 0.15) is 18.0 Å². The molecule has 0 saturated carbocycles. The molecule has 0 bridgehead atoms. The van der Waals surface area contributed by atoms with Gasteiger partial charge in [-0.2, -0.15) is 19.0 Å². The van der Waals surface area contributed by atoms with Crippen molar-refractivity contribution in [1.82, 2.24) is 39.1 Å². The van der Waals surface area contributed by atoms with Crippen LogP contribution in [0.25, 0.3) is 16.9 Å². The molecule has 1 unspecified atom stereocenters. The number of aliphatic hydroxyl groups excluding tert-OH is 1. The van der Waals surface area contributed by atoms with Gasteiger partial charge in [-0.25, -0.2) is 9.50 Å². The van der Waals surface area contributed by atoms with Crippen LogP contribution in [0.15, 0.2) is 49.1 Å². The molecule has 2 saturated heterocycles. The molecule has 5 heterocycles. The fourth-order valence-corrected chi connectivity index (χ4v) is 5.70. The summed E-state index contributed by atoms with van der Waals surface area (Å²) >= 11 is 6.24. The number of nitrogens with zero attached hydrogens (tertiary/aromatic N) is 8. The van der Waals surface area contributed by atoms with Crippen LogP contribution in [0, 0.1) is 0 Å². The van der Waals surface area contributed by atoms with Gasteiger partial charge >= 0.3 is 6.61 Å². The predicted molar refractivity (Wildman–Crippen MR) is 161 cm³/mol. The Balaban J connectivity index is 1.19. The van der Waals surface area contributed by atoms with Crippen LogP contribution in [-0.4, -0.2) is 122 Å². The number of carbonyl (C=O) groups is 1. The molecule has 6 rings (SSSR count). The van der Waals surface area contributed by atoms with Crippen molar-refractivity contribution in [2.45, 2.75) is 19.4 Å². The summed E-state index contributed by atoms with van der Waals surface area (Å²) < 4.78 is 39.7. The van der Waals surface area contributed by atoms with E-state index in [2.05, 4.69) is 30.3 Å². The number of fused-ring (bicyclic) bond motifs is 1. The number of amides is 1. The number of halogens is 3. The number of benzene rings is 1. The first kappa shape index (κ1) is 31.1. The Morgan fingerprint density at radius 3 is 2.62 bits per heavy atom. The number of rotatable bonds is 11. The SMILES string of the molecule is O=C(Cn1cc(NC(O)c2cnn3cccnc23)c(-c2cc(Cl)ccc2OC(F)F)n1)N1CCN(CCN2CCOCC2)CC1. The Morgan fingerprint density at radius 2 is 1.87 bits per heavy atom. The maximum atomic E-state index is 13.3. The summed E-state index contributed by atoms with van der Waals surface area (Å²) in [6.07, 6.45) is 4.98. The third kappa shape index (κ3) is 7.50. The fourth-order valence-electron chi connectivity index (χ4n) is 5.52. The van der Waals surface area contributed by atoms with Gasteiger partial charge in [0.05, 0.1) is 30.7 Å². The molecule has 16 heteroatoms. The van der Waals surface area contributed by atoms with Crippen LogP contribution in [0.2, 0.25) is 5.02 Å². The Hall–Kier alpha value is -3.89. The second-order valence-electron chi connectivity index (χ2n) is 10.8. The number of piperazine rings is 1. The lowest BCUT2D eigenvalue weighted by Gasteiger charge is -2.36. The van der Waals surface area contributed by atoms with Gasteiger partial charge in [-0.3, -0.25) is 19.3 Å². The van der Waals surface area contributed by atoms with E-state index in [1.165, 1.54) is 33.6 Å². The molecule has 2 fully saturated rings. The van der Waals surface area contributed by atoms with Crippen LogP contribution in [0.5, 0.6) is 5.75 Å². The van der Waals surface area contributed by atoms with Crippen molar-refractivity contribution in [3.63, 3.8) is 0 Å². The van der Waals surface area contributed by atoms with Crippen LogP contribution in [0.4, 0.5) is 14.5 Å². The summed E-state index contributed by atoms with van der Waals surface area (Å²) in [7, 11) is 0. The molecule has 45 heavy (non-hydrogen) atoms. The zero-order chi connectivity index (χ0) is 31.3. The van der Waals surface area contributed by atoms with Gasteiger partial charge < -0.3 is 24.8 Å². The monoisotopic (exact) mass is 645 g/mol. The third-order valence-corrected chi connectivity index (χ3v) is 8.16. The highest BCUT2D eigenvalue weighted by Crippen LogP contribution is 2.38. The van der Waals surface area contributed by atoms with Crippen LogP contribution in [-0.2, 0) is 16.1 Å².